The Hall–Kier alpha value is -3.13. The standard InChI is InChI=1S/C21H25F4N5O5/c22-17-6-16(35-21(23,24)25)4-1-13(17)7-26-19(33)30(14-2-3-14)15-5-12(10-31)8-29(9-15)20-28-27-18(11-32)34-20/h1,4,6,12,14-15,31-32H,2-3,5,7-11H2,(H,26,33)/t12-,15?/m0/s1. The Balaban J connectivity index is 1.43. The van der Waals surface area contributed by atoms with E-state index in [0.29, 0.717) is 25.6 Å². The Morgan fingerprint density at radius 2 is 2.00 bits per heavy atom. The van der Waals surface area contributed by atoms with Gasteiger partial charge in [-0.2, -0.15) is 0 Å². The van der Waals surface area contributed by atoms with Crippen LogP contribution in [0.15, 0.2) is 22.6 Å². The van der Waals surface area contributed by atoms with E-state index in [0.717, 1.165) is 25.0 Å². The predicted octanol–water partition coefficient (Wildman–Crippen LogP) is 2.16. The minimum Gasteiger partial charge on any atom is -0.406 e. The number of carbonyl (C=O) groups is 1. The van der Waals surface area contributed by atoms with Crippen LogP contribution in [0.2, 0.25) is 0 Å². The van der Waals surface area contributed by atoms with E-state index in [1.807, 2.05) is 0 Å². The zero-order valence-corrected chi connectivity index (χ0v) is 18.5. The Bertz CT molecular complexity index is 1030. The van der Waals surface area contributed by atoms with E-state index < -0.39 is 30.6 Å². The smallest absolute Gasteiger partial charge is 0.406 e. The highest BCUT2D eigenvalue weighted by atomic mass is 19.4. The van der Waals surface area contributed by atoms with Gasteiger partial charge in [-0.3, -0.25) is 0 Å². The van der Waals surface area contributed by atoms with Crippen LogP contribution in [0, 0.1) is 11.7 Å². The molecular formula is C21H25F4N5O5. The molecule has 0 spiro atoms. The topological polar surface area (TPSA) is 124 Å². The highest BCUT2D eigenvalue weighted by Crippen LogP contribution is 2.34. The Kier molecular flexibility index (Phi) is 7.31. The van der Waals surface area contributed by atoms with Crippen molar-refractivity contribution in [3.8, 4) is 5.75 Å². The van der Waals surface area contributed by atoms with Gasteiger partial charge in [-0.15, -0.1) is 18.3 Å². The molecule has 0 radical (unpaired) electrons. The number of urea groups is 1. The maximum atomic E-state index is 14.3. The number of hydrogen-bond donors (Lipinski definition) is 3. The summed E-state index contributed by atoms with van der Waals surface area (Å²) >= 11 is 0. The summed E-state index contributed by atoms with van der Waals surface area (Å²) in [6.45, 7) is 0.0163. The van der Waals surface area contributed by atoms with Crippen molar-refractivity contribution >= 4 is 12.0 Å². The lowest BCUT2D eigenvalue weighted by molar-refractivity contribution is -0.274. The van der Waals surface area contributed by atoms with Crippen LogP contribution in [0.1, 0.15) is 30.7 Å². The minimum atomic E-state index is -4.94. The van der Waals surface area contributed by atoms with Gasteiger partial charge in [0.05, 0.1) is 6.04 Å². The predicted molar refractivity (Wildman–Crippen MR) is 112 cm³/mol. The van der Waals surface area contributed by atoms with Gasteiger partial charge in [-0.05, 0) is 25.3 Å². The van der Waals surface area contributed by atoms with Crippen molar-refractivity contribution in [3.63, 3.8) is 0 Å². The maximum absolute atomic E-state index is 14.3. The van der Waals surface area contributed by atoms with Crippen molar-refractivity contribution in [3.05, 3.63) is 35.5 Å². The summed E-state index contributed by atoms with van der Waals surface area (Å²) in [7, 11) is 0. The van der Waals surface area contributed by atoms with Gasteiger partial charge in [0.1, 0.15) is 18.2 Å². The maximum Gasteiger partial charge on any atom is 0.573 e. The molecule has 1 saturated heterocycles. The first-order valence-electron chi connectivity index (χ1n) is 11.1. The quantitative estimate of drug-likeness (QED) is 0.469. The average molecular weight is 503 g/mol. The molecule has 2 aliphatic rings. The molecule has 1 aromatic heterocycles. The highest BCUT2D eigenvalue weighted by Gasteiger charge is 2.42. The summed E-state index contributed by atoms with van der Waals surface area (Å²) in [5.74, 6) is -1.75. The number of aliphatic hydroxyl groups is 2. The Morgan fingerprint density at radius 1 is 1.23 bits per heavy atom. The van der Waals surface area contributed by atoms with E-state index in [9.17, 15) is 32.6 Å². The summed E-state index contributed by atoms with van der Waals surface area (Å²) in [5, 5.41) is 29.3. The molecule has 1 aliphatic heterocycles. The number of nitrogens with one attached hydrogen (secondary N) is 1. The van der Waals surface area contributed by atoms with Crippen molar-refractivity contribution in [1.82, 2.24) is 20.4 Å². The van der Waals surface area contributed by atoms with E-state index in [1.165, 1.54) is 0 Å². The van der Waals surface area contributed by atoms with E-state index in [1.54, 1.807) is 9.80 Å². The number of aliphatic hydroxyl groups excluding tert-OH is 2. The number of ether oxygens (including phenoxy) is 1. The number of anilines is 1. The molecule has 0 bridgehead atoms. The number of carbonyl (C=O) groups excluding carboxylic acids is 1. The van der Waals surface area contributed by atoms with Gasteiger partial charge < -0.3 is 34.5 Å². The molecule has 2 heterocycles. The first-order chi connectivity index (χ1) is 16.7. The first-order valence-corrected chi connectivity index (χ1v) is 11.1. The summed E-state index contributed by atoms with van der Waals surface area (Å²) < 4.78 is 60.4. The van der Waals surface area contributed by atoms with Crippen LogP contribution in [-0.4, -0.2) is 69.5 Å². The van der Waals surface area contributed by atoms with Crippen molar-refractivity contribution < 1.29 is 41.7 Å². The van der Waals surface area contributed by atoms with Crippen LogP contribution in [0.4, 0.5) is 28.4 Å². The lowest BCUT2D eigenvalue weighted by Gasteiger charge is -2.41. The zero-order chi connectivity index (χ0) is 25.2. The second kappa shape index (κ2) is 10.2. The molecule has 3 N–H and O–H groups in total. The molecule has 1 saturated carbocycles. The van der Waals surface area contributed by atoms with E-state index in [2.05, 4.69) is 20.3 Å². The number of benzene rings is 1. The minimum absolute atomic E-state index is 0.00418. The molecule has 10 nitrogen and oxygen atoms in total. The van der Waals surface area contributed by atoms with Crippen LogP contribution in [0.5, 0.6) is 5.75 Å². The Labute approximate surface area is 197 Å². The fraction of sp³-hybridized carbons (Fsp3) is 0.571. The monoisotopic (exact) mass is 503 g/mol. The summed E-state index contributed by atoms with van der Waals surface area (Å²) in [6, 6.07) is 2.10. The number of piperidine rings is 1. The van der Waals surface area contributed by atoms with Crippen molar-refractivity contribution in [2.45, 2.75) is 50.9 Å². The molecule has 14 heteroatoms. The SMILES string of the molecule is O=C(NCc1ccc(OC(F)(F)F)cc1F)N(C1CC1)C1C[C@H](CO)CN(c2nnc(CO)o2)C1. The van der Waals surface area contributed by atoms with Gasteiger partial charge in [0.2, 0.25) is 5.89 Å². The van der Waals surface area contributed by atoms with Crippen LogP contribution >= 0.6 is 0 Å². The van der Waals surface area contributed by atoms with Crippen LogP contribution < -0.4 is 15.0 Å². The number of rotatable bonds is 8. The molecule has 192 valence electrons. The van der Waals surface area contributed by atoms with Gasteiger partial charge in [0.25, 0.3) is 0 Å². The number of amides is 2. The molecule has 4 rings (SSSR count). The molecule has 2 amide bonds. The summed E-state index contributed by atoms with van der Waals surface area (Å²) in [4.78, 5) is 16.5. The highest BCUT2D eigenvalue weighted by molar-refractivity contribution is 5.75. The van der Waals surface area contributed by atoms with Gasteiger partial charge in [-0.1, -0.05) is 11.2 Å². The third kappa shape index (κ3) is 6.31. The normalized spacial score (nSPS) is 20.6. The van der Waals surface area contributed by atoms with Crippen LogP contribution in [0.25, 0.3) is 0 Å². The van der Waals surface area contributed by atoms with Crippen LogP contribution in [-0.2, 0) is 13.2 Å². The second-order valence-corrected chi connectivity index (χ2v) is 8.58. The fourth-order valence-electron chi connectivity index (χ4n) is 4.21. The fourth-order valence-corrected chi connectivity index (χ4v) is 4.21. The lowest BCUT2D eigenvalue weighted by Crippen LogP contribution is -2.56. The van der Waals surface area contributed by atoms with E-state index in [4.69, 9.17) is 4.42 Å². The van der Waals surface area contributed by atoms with E-state index in [-0.39, 0.29) is 48.6 Å². The summed E-state index contributed by atoms with van der Waals surface area (Å²) in [5.41, 5.74) is 0.00418. The molecule has 2 fully saturated rings. The number of alkyl halides is 3. The largest absolute Gasteiger partial charge is 0.573 e. The van der Waals surface area contributed by atoms with E-state index >= 15 is 0 Å². The molecular weight excluding hydrogens is 478 g/mol. The second-order valence-electron chi connectivity index (χ2n) is 8.58. The van der Waals surface area contributed by atoms with Gasteiger partial charge in [0, 0.05) is 49.8 Å². The molecule has 1 aromatic carbocycles. The zero-order valence-electron chi connectivity index (χ0n) is 18.5. The molecule has 1 unspecified atom stereocenters. The van der Waals surface area contributed by atoms with Crippen LogP contribution in [0.3, 0.4) is 0 Å². The van der Waals surface area contributed by atoms with Crippen molar-refractivity contribution in [1.29, 1.82) is 0 Å². The number of hydrogen-bond acceptors (Lipinski definition) is 8. The lowest BCUT2D eigenvalue weighted by atomic mass is 9.94. The van der Waals surface area contributed by atoms with Crippen molar-refractivity contribution in [2.24, 2.45) is 5.92 Å². The molecule has 1 aliphatic carbocycles. The van der Waals surface area contributed by atoms with Gasteiger partial charge in [-0.25, -0.2) is 9.18 Å². The first kappa shape index (κ1) is 25.0. The van der Waals surface area contributed by atoms with Gasteiger partial charge >= 0.3 is 18.4 Å². The average Bonchev–Trinajstić information content (AvgIpc) is 3.51. The third-order valence-corrected chi connectivity index (χ3v) is 5.89. The summed E-state index contributed by atoms with van der Waals surface area (Å²) in [6.07, 6.45) is -2.83. The number of halogens is 4. The van der Waals surface area contributed by atoms with Gasteiger partial charge in [0.15, 0.2) is 0 Å². The van der Waals surface area contributed by atoms with Crippen molar-refractivity contribution in [2.75, 3.05) is 24.6 Å². The number of aromatic nitrogens is 2. The molecule has 35 heavy (non-hydrogen) atoms. The number of nitrogens with zero attached hydrogens (tertiary/aromatic N) is 4. The molecule has 2 atom stereocenters. The third-order valence-electron chi connectivity index (χ3n) is 5.89. The Morgan fingerprint density at radius 3 is 2.60 bits per heavy atom. The molecule has 2 aromatic rings.